The summed E-state index contributed by atoms with van der Waals surface area (Å²) in [5.74, 6) is 3.46. The lowest BCUT2D eigenvalue weighted by Gasteiger charge is -2.42. The fourth-order valence-corrected chi connectivity index (χ4v) is 6.41. The molecule has 7 rings (SSSR count). The first-order valence-corrected chi connectivity index (χ1v) is 13.9. The SMILES string of the molecule is CCn1nc(C2CC2)c(Cl)c1N1CCc2nc(-c3c(C)ccc4n[nH]c(C)c34)nc(N3CCC3C)c2C1. The number of aromatic nitrogens is 6. The van der Waals surface area contributed by atoms with Gasteiger partial charge in [-0.25, -0.2) is 14.6 Å². The number of fused-ring (bicyclic) bond motifs is 2. The number of rotatable bonds is 5. The van der Waals surface area contributed by atoms with E-state index in [0.29, 0.717) is 12.0 Å². The van der Waals surface area contributed by atoms with Gasteiger partial charge in [-0.05, 0) is 58.6 Å². The Morgan fingerprint density at radius 1 is 1.11 bits per heavy atom. The number of aromatic amines is 1. The Labute approximate surface area is 222 Å². The number of H-pyrrole nitrogens is 1. The van der Waals surface area contributed by atoms with Crippen molar-refractivity contribution in [3.8, 4) is 11.4 Å². The number of halogens is 1. The van der Waals surface area contributed by atoms with Gasteiger partial charge < -0.3 is 9.80 Å². The van der Waals surface area contributed by atoms with Crippen molar-refractivity contribution >= 4 is 34.1 Å². The number of benzene rings is 1. The molecular weight excluding hydrogens is 484 g/mol. The molecule has 1 N–H and O–H groups in total. The fourth-order valence-electron chi connectivity index (χ4n) is 6.00. The smallest absolute Gasteiger partial charge is 0.162 e. The Hall–Kier alpha value is -3.13. The summed E-state index contributed by atoms with van der Waals surface area (Å²) in [4.78, 5) is 15.3. The van der Waals surface area contributed by atoms with Crippen LogP contribution < -0.4 is 9.80 Å². The Kier molecular flexibility index (Phi) is 5.26. The normalized spacial score (nSPS) is 19.4. The fraction of sp³-hybridized carbons (Fsp3) is 0.500. The van der Waals surface area contributed by atoms with Gasteiger partial charge in [-0.15, -0.1) is 0 Å². The first kappa shape index (κ1) is 23.0. The second kappa shape index (κ2) is 8.45. The van der Waals surface area contributed by atoms with Crippen LogP contribution in [0.3, 0.4) is 0 Å². The van der Waals surface area contributed by atoms with Gasteiger partial charge in [0.25, 0.3) is 0 Å². The van der Waals surface area contributed by atoms with Gasteiger partial charge in [0.15, 0.2) is 5.82 Å². The molecule has 0 radical (unpaired) electrons. The monoisotopic (exact) mass is 516 g/mol. The van der Waals surface area contributed by atoms with E-state index in [1.54, 1.807) is 0 Å². The first-order valence-electron chi connectivity index (χ1n) is 13.6. The Morgan fingerprint density at radius 3 is 2.65 bits per heavy atom. The van der Waals surface area contributed by atoms with Crippen LogP contribution >= 0.6 is 11.6 Å². The predicted octanol–water partition coefficient (Wildman–Crippen LogP) is 5.55. The van der Waals surface area contributed by atoms with Crippen molar-refractivity contribution in [2.24, 2.45) is 0 Å². The molecule has 192 valence electrons. The maximum Gasteiger partial charge on any atom is 0.162 e. The van der Waals surface area contributed by atoms with Gasteiger partial charge >= 0.3 is 0 Å². The highest BCUT2D eigenvalue weighted by atomic mass is 35.5. The van der Waals surface area contributed by atoms with Crippen molar-refractivity contribution in [2.45, 2.75) is 78.4 Å². The van der Waals surface area contributed by atoms with Gasteiger partial charge in [-0.1, -0.05) is 17.7 Å². The average Bonchev–Trinajstić information content (AvgIpc) is 3.59. The van der Waals surface area contributed by atoms with E-state index in [-0.39, 0.29) is 0 Å². The minimum atomic E-state index is 0.473. The lowest BCUT2D eigenvalue weighted by atomic mass is 9.98. The molecule has 2 fully saturated rings. The zero-order valence-electron chi connectivity index (χ0n) is 22.0. The zero-order chi connectivity index (χ0) is 25.4. The quantitative estimate of drug-likeness (QED) is 0.375. The summed E-state index contributed by atoms with van der Waals surface area (Å²) in [5, 5.41) is 14.5. The highest BCUT2D eigenvalue weighted by Gasteiger charge is 2.36. The van der Waals surface area contributed by atoms with Crippen molar-refractivity contribution in [3.63, 3.8) is 0 Å². The molecule has 1 aromatic carbocycles. The zero-order valence-corrected chi connectivity index (χ0v) is 22.7. The summed E-state index contributed by atoms with van der Waals surface area (Å²) in [6.45, 7) is 12.1. The van der Waals surface area contributed by atoms with E-state index in [4.69, 9.17) is 26.7 Å². The molecule has 0 bridgehead atoms. The molecule has 9 heteroatoms. The molecule has 1 saturated carbocycles. The summed E-state index contributed by atoms with van der Waals surface area (Å²) in [6.07, 6.45) is 4.42. The molecule has 1 aliphatic carbocycles. The number of hydrogen-bond donors (Lipinski definition) is 1. The molecule has 0 amide bonds. The van der Waals surface area contributed by atoms with Gasteiger partial charge in [0.2, 0.25) is 0 Å². The van der Waals surface area contributed by atoms with Crippen LogP contribution in [-0.2, 0) is 19.5 Å². The highest BCUT2D eigenvalue weighted by Crippen LogP contribution is 2.46. The van der Waals surface area contributed by atoms with Crippen LogP contribution in [0.4, 0.5) is 11.6 Å². The van der Waals surface area contributed by atoms with E-state index in [0.717, 1.165) is 88.6 Å². The maximum absolute atomic E-state index is 6.97. The topological polar surface area (TPSA) is 78.8 Å². The van der Waals surface area contributed by atoms with Crippen molar-refractivity contribution in [2.75, 3.05) is 22.9 Å². The van der Waals surface area contributed by atoms with Crippen LogP contribution in [0, 0.1) is 13.8 Å². The molecule has 5 heterocycles. The summed E-state index contributed by atoms with van der Waals surface area (Å²) in [5.41, 5.74) is 7.71. The van der Waals surface area contributed by atoms with E-state index >= 15 is 0 Å². The van der Waals surface area contributed by atoms with Crippen LogP contribution in [0.25, 0.3) is 22.3 Å². The van der Waals surface area contributed by atoms with Crippen LogP contribution in [0.1, 0.15) is 67.2 Å². The maximum atomic E-state index is 6.97. The third-order valence-electron chi connectivity index (χ3n) is 8.42. The average molecular weight is 517 g/mol. The largest absolute Gasteiger partial charge is 0.353 e. The molecule has 3 aliphatic rings. The number of nitrogens with zero attached hydrogens (tertiary/aromatic N) is 7. The third-order valence-corrected chi connectivity index (χ3v) is 8.78. The predicted molar refractivity (Wildman–Crippen MR) is 148 cm³/mol. The summed E-state index contributed by atoms with van der Waals surface area (Å²) < 4.78 is 2.09. The van der Waals surface area contributed by atoms with Crippen LogP contribution in [0.2, 0.25) is 5.02 Å². The second-order valence-electron chi connectivity index (χ2n) is 10.9. The Balaban J connectivity index is 1.35. The molecule has 8 nitrogen and oxygen atoms in total. The molecule has 2 aliphatic heterocycles. The highest BCUT2D eigenvalue weighted by molar-refractivity contribution is 6.33. The number of aryl methyl sites for hydroxylation is 3. The van der Waals surface area contributed by atoms with E-state index in [9.17, 15) is 0 Å². The molecule has 1 unspecified atom stereocenters. The minimum Gasteiger partial charge on any atom is -0.353 e. The molecule has 37 heavy (non-hydrogen) atoms. The molecule has 1 saturated heterocycles. The van der Waals surface area contributed by atoms with E-state index in [1.165, 1.54) is 30.4 Å². The molecular formula is C28H33ClN8. The number of nitrogens with one attached hydrogen (secondary N) is 1. The van der Waals surface area contributed by atoms with Crippen LogP contribution in [0.15, 0.2) is 12.1 Å². The lowest BCUT2D eigenvalue weighted by Crippen LogP contribution is -2.47. The lowest BCUT2D eigenvalue weighted by molar-refractivity contribution is 0.472. The van der Waals surface area contributed by atoms with Crippen molar-refractivity contribution in [1.29, 1.82) is 0 Å². The van der Waals surface area contributed by atoms with Gasteiger partial charge in [-0.2, -0.15) is 10.2 Å². The standard InChI is InChI=1S/C28H33ClN8/c1-5-37-28(24(29)25(34-37)18-7-8-18)35-12-11-20-19(14-35)27(36-13-10-16(36)3)31-26(30-20)22-15(2)6-9-21-23(22)17(4)32-33-21/h6,9,16,18H,5,7-8,10-14H2,1-4H3,(H,32,33). The van der Waals surface area contributed by atoms with Gasteiger partial charge in [-0.3, -0.25) is 5.10 Å². The molecule has 0 spiro atoms. The third kappa shape index (κ3) is 3.55. The summed E-state index contributed by atoms with van der Waals surface area (Å²) in [7, 11) is 0. The molecule has 3 aromatic heterocycles. The minimum absolute atomic E-state index is 0.473. The van der Waals surface area contributed by atoms with Crippen LogP contribution in [-0.4, -0.2) is 49.1 Å². The number of anilines is 2. The van der Waals surface area contributed by atoms with Gasteiger partial charge in [0.05, 0.1) is 16.9 Å². The van der Waals surface area contributed by atoms with Gasteiger partial charge in [0.1, 0.15) is 16.7 Å². The molecule has 4 aromatic rings. The van der Waals surface area contributed by atoms with Crippen molar-refractivity contribution in [3.05, 3.63) is 45.4 Å². The van der Waals surface area contributed by atoms with E-state index in [2.05, 4.69) is 64.5 Å². The molecule has 1 atom stereocenters. The Morgan fingerprint density at radius 2 is 1.95 bits per heavy atom. The first-order chi connectivity index (χ1) is 17.9. The number of hydrogen-bond acceptors (Lipinski definition) is 6. The van der Waals surface area contributed by atoms with E-state index < -0.39 is 0 Å². The summed E-state index contributed by atoms with van der Waals surface area (Å²) >= 11 is 6.97. The van der Waals surface area contributed by atoms with Gasteiger partial charge in [0, 0.05) is 66.8 Å². The van der Waals surface area contributed by atoms with E-state index in [1.807, 2.05) is 0 Å². The summed E-state index contributed by atoms with van der Waals surface area (Å²) in [6, 6.07) is 4.67. The van der Waals surface area contributed by atoms with Crippen molar-refractivity contribution < 1.29 is 0 Å². The van der Waals surface area contributed by atoms with Crippen LogP contribution in [0.5, 0.6) is 0 Å². The van der Waals surface area contributed by atoms with Crippen molar-refractivity contribution in [1.82, 2.24) is 29.9 Å². The second-order valence-corrected chi connectivity index (χ2v) is 11.3. The Bertz CT molecular complexity index is 1530.